The van der Waals surface area contributed by atoms with Gasteiger partial charge in [0.15, 0.2) is 11.5 Å². The maximum absolute atomic E-state index is 12.9. The van der Waals surface area contributed by atoms with Gasteiger partial charge in [0.25, 0.3) is 0 Å². The standard InChI is InChI=1S/C19H23NO4S/c1-12-8-13(2)19(14(3)9-12)25(21,22)20-16-10-15-6-5-7-17(23-4)18(15)24-11-16/h5-9,16,20H,10-11H2,1-4H3/t16-/m1/s1. The number of sulfonamides is 1. The number of hydrogen-bond donors (Lipinski definition) is 1. The minimum Gasteiger partial charge on any atom is -0.493 e. The highest BCUT2D eigenvalue weighted by molar-refractivity contribution is 7.89. The van der Waals surface area contributed by atoms with E-state index in [9.17, 15) is 8.42 Å². The lowest BCUT2D eigenvalue weighted by molar-refractivity contribution is 0.240. The summed E-state index contributed by atoms with van der Waals surface area (Å²) in [4.78, 5) is 0.356. The van der Waals surface area contributed by atoms with Gasteiger partial charge in [-0.15, -0.1) is 0 Å². The van der Waals surface area contributed by atoms with Crippen LogP contribution in [0.25, 0.3) is 0 Å². The van der Waals surface area contributed by atoms with E-state index in [0.717, 1.165) is 22.3 Å². The largest absolute Gasteiger partial charge is 0.493 e. The first-order valence-corrected chi connectivity index (χ1v) is 9.69. The maximum Gasteiger partial charge on any atom is 0.241 e. The third-order valence-corrected chi connectivity index (χ3v) is 6.20. The number of aryl methyl sites for hydroxylation is 3. The Labute approximate surface area is 149 Å². The fourth-order valence-electron chi connectivity index (χ4n) is 3.50. The van der Waals surface area contributed by atoms with Crippen LogP contribution in [0.4, 0.5) is 0 Å². The third kappa shape index (κ3) is 3.50. The lowest BCUT2D eigenvalue weighted by Crippen LogP contribution is -2.43. The first-order chi connectivity index (χ1) is 11.8. The second kappa shape index (κ2) is 6.69. The summed E-state index contributed by atoms with van der Waals surface area (Å²) >= 11 is 0. The predicted molar refractivity (Wildman–Crippen MR) is 97.0 cm³/mol. The Morgan fingerprint density at radius 1 is 1.16 bits per heavy atom. The number of methoxy groups -OCH3 is 1. The zero-order valence-electron chi connectivity index (χ0n) is 14.9. The van der Waals surface area contributed by atoms with Crippen molar-refractivity contribution in [1.29, 1.82) is 0 Å². The van der Waals surface area contributed by atoms with Gasteiger partial charge in [0.2, 0.25) is 10.0 Å². The van der Waals surface area contributed by atoms with Crippen molar-refractivity contribution in [3.05, 3.63) is 52.6 Å². The fourth-order valence-corrected chi connectivity index (χ4v) is 5.17. The molecule has 2 aromatic carbocycles. The molecular formula is C19H23NO4S. The smallest absolute Gasteiger partial charge is 0.241 e. The van der Waals surface area contributed by atoms with Crippen molar-refractivity contribution in [2.75, 3.05) is 13.7 Å². The van der Waals surface area contributed by atoms with Crippen molar-refractivity contribution >= 4 is 10.0 Å². The first-order valence-electron chi connectivity index (χ1n) is 8.20. The molecule has 1 aliphatic heterocycles. The number of nitrogens with one attached hydrogen (secondary N) is 1. The van der Waals surface area contributed by atoms with Crippen LogP contribution in [0.3, 0.4) is 0 Å². The van der Waals surface area contributed by atoms with Crippen LogP contribution in [-0.2, 0) is 16.4 Å². The molecule has 5 nitrogen and oxygen atoms in total. The Morgan fingerprint density at radius 3 is 2.48 bits per heavy atom. The summed E-state index contributed by atoms with van der Waals surface area (Å²) in [6.07, 6.45) is 0.565. The average Bonchev–Trinajstić information content (AvgIpc) is 2.52. The van der Waals surface area contributed by atoms with E-state index in [1.807, 2.05) is 51.1 Å². The highest BCUT2D eigenvalue weighted by Crippen LogP contribution is 2.35. The van der Waals surface area contributed by atoms with E-state index in [1.165, 1.54) is 0 Å². The molecule has 1 heterocycles. The summed E-state index contributed by atoms with van der Waals surface area (Å²) in [5, 5.41) is 0. The van der Waals surface area contributed by atoms with Crippen molar-refractivity contribution in [3.63, 3.8) is 0 Å². The molecule has 0 bridgehead atoms. The molecule has 6 heteroatoms. The SMILES string of the molecule is COc1cccc2c1OC[C@H](NS(=O)(=O)c1c(C)cc(C)cc1C)C2. The summed E-state index contributed by atoms with van der Waals surface area (Å²) in [7, 11) is -2.02. The van der Waals surface area contributed by atoms with E-state index in [0.29, 0.717) is 22.8 Å². The van der Waals surface area contributed by atoms with Gasteiger partial charge in [0.1, 0.15) is 6.61 Å². The van der Waals surface area contributed by atoms with Crippen LogP contribution < -0.4 is 14.2 Å². The van der Waals surface area contributed by atoms with Crippen LogP contribution in [-0.4, -0.2) is 28.2 Å². The number of para-hydroxylation sites is 1. The van der Waals surface area contributed by atoms with Gasteiger partial charge >= 0.3 is 0 Å². The van der Waals surface area contributed by atoms with Crippen LogP contribution in [0.5, 0.6) is 11.5 Å². The van der Waals surface area contributed by atoms with Gasteiger partial charge in [-0.25, -0.2) is 13.1 Å². The van der Waals surface area contributed by atoms with Gasteiger partial charge < -0.3 is 9.47 Å². The van der Waals surface area contributed by atoms with Gasteiger partial charge in [0.05, 0.1) is 18.0 Å². The van der Waals surface area contributed by atoms with Gasteiger partial charge in [-0.05, 0) is 49.9 Å². The van der Waals surface area contributed by atoms with Gasteiger partial charge in [-0.2, -0.15) is 0 Å². The molecule has 0 radical (unpaired) electrons. The summed E-state index contributed by atoms with van der Waals surface area (Å²) in [6, 6.07) is 9.11. The van der Waals surface area contributed by atoms with E-state index in [1.54, 1.807) is 7.11 Å². The Balaban J connectivity index is 1.86. The highest BCUT2D eigenvalue weighted by Gasteiger charge is 2.28. The van der Waals surface area contributed by atoms with Crippen molar-refractivity contribution in [2.45, 2.75) is 38.1 Å². The molecule has 1 N–H and O–H groups in total. The molecule has 2 aromatic rings. The molecule has 0 amide bonds. The van der Waals surface area contributed by atoms with E-state index in [2.05, 4.69) is 4.72 Å². The minimum absolute atomic E-state index is 0.274. The molecule has 0 saturated carbocycles. The normalized spacial score (nSPS) is 16.9. The monoisotopic (exact) mass is 361 g/mol. The molecule has 1 atom stereocenters. The zero-order valence-corrected chi connectivity index (χ0v) is 15.7. The van der Waals surface area contributed by atoms with Crippen molar-refractivity contribution in [1.82, 2.24) is 4.72 Å². The van der Waals surface area contributed by atoms with E-state index >= 15 is 0 Å². The first kappa shape index (κ1) is 17.8. The molecule has 0 spiro atoms. The summed E-state index contributed by atoms with van der Waals surface area (Å²) in [6.45, 7) is 5.89. The number of hydrogen-bond acceptors (Lipinski definition) is 4. The number of ether oxygens (including phenoxy) is 2. The van der Waals surface area contributed by atoms with Crippen LogP contribution >= 0.6 is 0 Å². The predicted octanol–water partition coefficient (Wildman–Crippen LogP) is 2.90. The second-order valence-electron chi connectivity index (χ2n) is 6.51. The van der Waals surface area contributed by atoms with Crippen LogP contribution in [0.15, 0.2) is 35.2 Å². The van der Waals surface area contributed by atoms with E-state index < -0.39 is 10.0 Å². The van der Waals surface area contributed by atoms with Crippen molar-refractivity contribution in [3.8, 4) is 11.5 Å². The average molecular weight is 361 g/mol. The molecule has 25 heavy (non-hydrogen) atoms. The molecule has 134 valence electrons. The number of fused-ring (bicyclic) bond motifs is 1. The molecule has 0 unspecified atom stereocenters. The van der Waals surface area contributed by atoms with E-state index in [-0.39, 0.29) is 12.6 Å². The third-order valence-electron chi connectivity index (χ3n) is 4.37. The minimum atomic E-state index is -3.62. The maximum atomic E-state index is 12.9. The quantitative estimate of drug-likeness (QED) is 0.909. The number of rotatable bonds is 4. The highest BCUT2D eigenvalue weighted by atomic mass is 32.2. The molecule has 0 fully saturated rings. The topological polar surface area (TPSA) is 64.6 Å². The van der Waals surface area contributed by atoms with Crippen molar-refractivity contribution in [2.24, 2.45) is 0 Å². The molecule has 0 saturated heterocycles. The van der Waals surface area contributed by atoms with Crippen LogP contribution in [0, 0.1) is 20.8 Å². The van der Waals surface area contributed by atoms with Gasteiger partial charge in [-0.3, -0.25) is 0 Å². The molecule has 0 aliphatic carbocycles. The van der Waals surface area contributed by atoms with Gasteiger partial charge in [0, 0.05) is 0 Å². The molecule has 3 rings (SSSR count). The van der Waals surface area contributed by atoms with E-state index in [4.69, 9.17) is 9.47 Å². The zero-order chi connectivity index (χ0) is 18.2. The lowest BCUT2D eigenvalue weighted by Gasteiger charge is -2.27. The van der Waals surface area contributed by atoms with Crippen LogP contribution in [0.1, 0.15) is 22.3 Å². The molecule has 1 aliphatic rings. The van der Waals surface area contributed by atoms with Crippen LogP contribution in [0.2, 0.25) is 0 Å². The Kier molecular flexibility index (Phi) is 4.75. The second-order valence-corrected chi connectivity index (χ2v) is 8.16. The summed E-state index contributed by atoms with van der Waals surface area (Å²) in [5.41, 5.74) is 3.50. The Morgan fingerprint density at radius 2 is 1.84 bits per heavy atom. The summed E-state index contributed by atoms with van der Waals surface area (Å²) in [5.74, 6) is 1.37. The molecular weight excluding hydrogens is 338 g/mol. The summed E-state index contributed by atoms with van der Waals surface area (Å²) < 4.78 is 39.7. The van der Waals surface area contributed by atoms with Crippen molar-refractivity contribution < 1.29 is 17.9 Å². The van der Waals surface area contributed by atoms with Gasteiger partial charge in [-0.1, -0.05) is 29.8 Å². The number of benzene rings is 2. The molecule has 0 aromatic heterocycles. The Bertz CT molecular complexity index is 883. The Hall–Kier alpha value is -2.05. The lowest BCUT2D eigenvalue weighted by atomic mass is 10.0. The fraction of sp³-hybridized carbons (Fsp3) is 0.368.